The first-order chi connectivity index (χ1) is 9.74. The molecule has 0 aromatic heterocycles. The van der Waals surface area contributed by atoms with Gasteiger partial charge in [0.15, 0.2) is 0 Å². The van der Waals surface area contributed by atoms with Gasteiger partial charge in [0.1, 0.15) is 5.75 Å². The lowest BCUT2D eigenvalue weighted by Crippen LogP contribution is -2.33. The number of nitrogens with one attached hydrogen (secondary N) is 1. The van der Waals surface area contributed by atoms with E-state index in [1.807, 2.05) is 12.1 Å². The molecule has 2 aromatic rings. The molecule has 2 aromatic carbocycles. The number of anilines is 1. The number of ether oxygens (including phenoxy) is 1. The molecule has 0 atom stereocenters. The summed E-state index contributed by atoms with van der Waals surface area (Å²) >= 11 is 3.54. The number of hydrogen-bond acceptors (Lipinski definition) is 2. The molecule has 0 bridgehead atoms. The predicted molar refractivity (Wildman–Crippen MR) is 86.5 cm³/mol. The van der Waals surface area contributed by atoms with Crippen molar-refractivity contribution in [3.8, 4) is 5.75 Å². The van der Waals surface area contributed by atoms with E-state index in [0.29, 0.717) is 12.0 Å². The maximum Gasteiger partial charge on any atom is 0.119 e. The molecule has 3 rings (SSSR count). The molecule has 1 aliphatic carbocycles. The van der Waals surface area contributed by atoms with E-state index in [1.54, 1.807) is 7.11 Å². The Morgan fingerprint density at radius 1 is 1.10 bits per heavy atom. The van der Waals surface area contributed by atoms with Crippen LogP contribution in [0.25, 0.3) is 0 Å². The first-order valence-corrected chi connectivity index (χ1v) is 7.70. The van der Waals surface area contributed by atoms with E-state index in [4.69, 9.17) is 4.74 Å². The van der Waals surface area contributed by atoms with Crippen molar-refractivity contribution in [1.82, 2.24) is 0 Å². The summed E-state index contributed by atoms with van der Waals surface area (Å²) in [6.07, 6.45) is 2.39. The Morgan fingerprint density at radius 2 is 1.85 bits per heavy atom. The fraction of sp³-hybridized carbons (Fsp3) is 0.294. The molecule has 104 valence electrons. The fourth-order valence-electron chi connectivity index (χ4n) is 2.69. The van der Waals surface area contributed by atoms with E-state index in [1.165, 1.54) is 28.6 Å². The topological polar surface area (TPSA) is 21.3 Å². The molecule has 1 aliphatic rings. The maximum atomic E-state index is 5.17. The molecule has 2 nitrogen and oxygen atoms in total. The highest BCUT2D eigenvalue weighted by atomic mass is 79.9. The van der Waals surface area contributed by atoms with Gasteiger partial charge in [-0.2, -0.15) is 0 Å². The molecule has 0 radical (unpaired) electrons. The summed E-state index contributed by atoms with van der Waals surface area (Å²) in [6, 6.07) is 17.4. The lowest BCUT2D eigenvalue weighted by molar-refractivity contribution is 0.374. The van der Waals surface area contributed by atoms with Crippen LogP contribution in [0.1, 0.15) is 24.3 Å². The molecule has 0 aliphatic heterocycles. The zero-order chi connectivity index (χ0) is 13.9. The van der Waals surface area contributed by atoms with Crippen molar-refractivity contribution in [2.75, 3.05) is 12.4 Å². The third-order valence-electron chi connectivity index (χ3n) is 3.92. The van der Waals surface area contributed by atoms with Gasteiger partial charge in [0.05, 0.1) is 7.11 Å². The molecule has 20 heavy (non-hydrogen) atoms. The lowest BCUT2D eigenvalue weighted by atomic mass is 9.76. The molecule has 0 amide bonds. The predicted octanol–water partition coefficient (Wildman–Crippen LogP) is 4.82. The molecule has 0 spiro atoms. The van der Waals surface area contributed by atoms with Gasteiger partial charge < -0.3 is 10.1 Å². The summed E-state index contributed by atoms with van der Waals surface area (Å²) in [6.45, 7) is 0. The second-order valence-corrected chi connectivity index (χ2v) is 6.21. The standard InChI is InChI=1S/C17H18BrNO/c1-20-17-7-5-15(6-8-17)19-16-10-13(11-16)12-3-2-4-14(18)9-12/h2-9,13,16,19H,10-11H2,1H3. The van der Waals surface area contributed by atoms with Crippen LogP contribution >= 0.6 is 15.9 Å². The van der Waals surface area contributed by atoms with Crippen LogP contribution < -0.4 is 10.1 Å². The molecular formula is C17H18BrNO. The van der Waals surface area contributed by atoms with E-state index >= 15 is 0 Å². The quantitative estimate of drug-likeness (QED) is 0.867. The summed E-state index contributed by atoms with van der Waals surface area (Å²) < 4.78 is 6.34. The zero-order valence-electron chi connectivity index (χ0n) is 11.5. The number of methoxy groups -OCH3 is 1. The highest BCUT2D eigenvalue weighted by molar-refractivity contribution is 9.10. The fourth-order valence-corrected chi connectivity index (χ4v) is 3.11. The normalized spacial score (nSPS) is 21.1. The molecule has 1 N–H and O–H groups in total. The Bertz CT molecular complexity index is 576. The van der Waals surface area contributed by atoms with E-state index in [9.17, 15) is 0 Å². The van der Waals surface area contributed by atoms with Crippen LogP contribution in [0.5, 0.6) is 5.75 Å². The van der Waals surface area contributed by atoms with Gasteiger partial charge in [0.2, 0.25) is 0 Å². The number of benzene rings is 2. The van der Waals surface area contributed by atoms with Gasteiger partial charge in [0, 0.05) is 16.2 Å². The first-order valence-electron chi connectivity index (χ1n) is 6.90. The summed E-state index contributed by atoms with van der Waals surface area (Å²) in [5.74, 6) is 1.58. The second kappa shape index (κ2) is 5.88. The third kappa shape index (κ3) is 2.98. The highest BCUT2D eigenvalue weighted by Crippen LogP contribution is 2.39. The molecule has 0 heterocycles. The van der Waals surface area contributed by atoms with Crippen molar-refractivity contribution in [1.29, 1.82) is 0 Å². The minimum Gasteiger partial charge on any atom is -0.497 e. The van der Waals surface area contributed by atoms with Crippen molar-refractivity contribution < 1.29 is 4.74 Å². The molecule has 3 heteroatoms. The van der Waals surface area contributed by atoms with Gasteiger partial charge in [-0.15, -0.1) is 0 Å². The largest absolute Gasteiger partial charge is 0.497 e. The van der Waals surface area contributed by atoms with Gasteiger partial charge in [-0.25, -0.2) is 0 Å². The van der Waals surface area contributed by atoms with Crippen molar-refractivity contribution in [3.63, 3.8) is 0 Å². The second-order valence-electron chi connectivity index (χ2n) is 5.29. The van der Waals surface area contributed by atoms with Crippen molar-refractivity contribution in [2.45, 2.75) is 24.8 Å². The number of hydrogen-bond donors (Lipinski definition) is 1. The van der Waals surface area contributed by atoms with Crippen LogP contribution in [0.4, 0.5) is 5.69 Å². The number of rotatable bonds is 4. The molecule has 0 unspecified atom stereocenters. The first kappa shape index (κ1) is 13.5. The summed E-state index contributed by atoms with van der Waals surface area (Å²) in [7, 11) is 1.69. The van der Waals surface area contributed by atoms with Gasteiger partial charge in [0.25, 0.3) is 0 Å². The maximum absolute atomic E-state index is 5.17. The monoisotopic (exact) mass is 331 g/mol. The van der Waals surface area contributed by atoms with Gasteiger partial charge in [-0.3, -0.25) is 0 Å². The van der Waals surface area contributed by atoms with E-state index < -0.39 is 0 Å². The summed E-state index contributed by atoms with van der Waals surface area (Å²) in [5.41, 5.74) is 2.61. The van der Waals surface area contributed by atoms with E-state index in [0.717, 1.165) is 5.75 Å². The molecular weight excluding hydrogens is 314 g/mol. The minimum atomic E-state index is 0.576. The Labute approximate surface area is 128 Å². The SMILES string of the molecule is COc1ccc(NC2CC(c3cccc(Br)c3)C2)cc1. The van der Waals surface area contributed by atoms with Crippen LogP contribution in [0.3, 0.4) is 0 Å². The Hall–Kier alpha value is -1.48. The van der Waals surface area contributed by atoms with Crippen molar-refractivity contribution >= 4 is 21.6 Å². The van der Waals surface area contributed by atoms with Crippen LogP contribution in [-0.4, -0.2) is 13.2 Å². The van der Waals surface area contributed by atoms with Crippen LogP contribution in [0.15, 0.2) is 53.0 Å². The van der Waals surface area contributed by atoms with Gasteiger partial charge in [-0.05, 0) is 60.7 Å². The van der Waals surface area contributed by atoms with Gasteiger partial charge >= 0.3 is 0 Å². The molecule has 0 saturated heterocycles. The molecule has 1 saturated carbocycles. The zero-order valence-corrected chi connectivity index (χ0v) is 13.1. The van der Waals surface area contributed by atoms with Crippen LogP contribution in [-0.2, 0) is 0 Å². The minimum absolute atomic E-state index is 0.576. The van der Waals surface area contributed by atoms with Crippen LogP contribution in [0.2, 0.25) is 0 Å². The smallest absolute Gasteiger partial charge is 0.119 e. The highest BCUT2D eigenvalue weighted by Gasteiger charge is 2.30. The van der Waals surface area contributed by atoms with E-state index in [-0.39, 0.29) is 0 Å². The lowest BCUT2D eigenvalue weighted by Gasteiger charge is -2.37. The van der Waals surface area contributed by atoms with Gasteiger partial charge in [-0.1, -0.05) is 28.1 Å². The Kier molecular flexibility index (Phi) is 3.97. The summed E-state index contributed by atoms with van der Waals surface area (Å²) in [4.78, 5) is 0. The third-order valence-corrected chi connectivity index (χ3v) is 4.41. The summed E-state index contributed by atoms with van der Waals surface area (Å²) in [5, 5.41) is 3.58. The Morgan fingerprint density at radius 3 is 2.50 bits per heavy atom. The van der Waals surface area contributed by atoms with E-state index in [2.05, 4.69) is 57.6 Å². The van der Waals surface area contributed by atoms with Crippen molar-refractivity contribution in [2.24, 2.45) is 0 Å². The number of halogens is 1. The average Bonchev–Trinajstić information content (AvgIpc) is 2.43. The Balaban J connectivity index is 1.55. The average molecular weight is 332 g/mol. The molecule has 1 fully saturated rings. The van der Waals surface area contributed by atoms with Crippen LogP contribution in [0, 0.1) is 0 Å². The van der Waals surface area contributed by atoms with Crippen molar-refractivity contribution in [3.05, 3.63) is 58.6 Å².